The summed E-state index contributed by atoms with van der Waals surface area (Å²) >= 11 is 0. The Hall–Kier alpha value is -1.30. The van der Waals surface area contributed by atoms with Gasteiger partial charge in [-0.2, -0.15) is 5.26 Å². The van der Waals surface area contributed by atoms with Crippen molar-refractivity contribution in [2.45, 2.75) is 32.1 Å². The highest BCUT2D eigenvalue weighted by Gasteiger charge is 2.18. The lowest BCUT2D eigenvalue weighted by Crippen LogP contribution is -2.01. The van der Waals surface area contributed by atoms with Crippen LogP contribution in [0.15, 0.2) is 4.52 Å². The Bertz CT molecular complexity index is 322. The Morgan fingerprint density at radius 1 is 1.42 bits per heavy atom. The summed E-state index contributed by atoms with van der Waals surface area (Å²) in [6, 6.07) is 2.10. The average molecular weight is 162 g/mol. The SMILES string of the molecule is N#CCc1noc2c1CCCC2. The summed E-state index contributed by atoms with van der Waals surface area (Å²) in [5, 5.41) is 12.4. The molecule has 1 heterocycles. The van der Waals surface area contributed by atoms with Gasteiger partial charge < -0.3 is 4.52 Å². The minimum atomic E-state index is 0.388. The molecule has 0 aromatic carbocycles. The van der Waals surface area contributed by atoms with Crippen molar-refractivity contribution in [3.05, 3.63) is 17.0 Å². The predicted molar refractivity (Wildman–Crippen MR) is 42.5 cm³/mol. The topological polar surface area (TPSA) is 49.8 Å². The molecule has 12 heavy (non-hydrogen) atoms. The van der Waals surface area contributed by atoms with Crippen LogP contribution >= 0.6 is 0 Å². The van der Waals surface area contributed by atoms with Gasteiger partial charge in [0.15, 0.2) is 0 Å². The van der Waals surface area contributed by atoms with Crippen LogP contribution in [0.1, 0.15) is 29.9 Å². The zero-order valence-corrected chi connectivity index (χ0v) is 6.84. The molecule has 0 saturated heterocycles. The Labute approximate surface area is 71.0 Å². The Morgan fingerprint density at radius 2 is 2.25 bits per heavy atom. The molecule has 3 nitrogen and oxygen atoms in total. The summed E-state index contributed by atoms with van der Waals surface area (Å²) in [6.07, 6.45) is 4.81. The summed E-state index contributed by atoms with van der Waals surface area (Å²) in [7, 11) is 0. The van der Waals surface area contributed by atoms with E-state index in [4.69, 9.17) is 9.78 Å². The van der Waals surface area contributed by atoms with E-state index in [1.54, 1.807) is 0 Å². The smallest absolute Gasteiger partial charge is 0.140 e. The lowest BCUT2D eigenvalue weighted by atomic mass is 9.96. The summed E-state index contributed by atoms with van der Waals surface area (Å²) in [4.78, 5) is 0. The molecule has 0 N–H and O–H groups in total. The highest BCUT2D eigenvalue weighted by atomic mass is 16.5. The van der Waals surface area contributed by atoms with Crippen molar-refractivity contribution in [1.29, 1.82) is 5.26 Å². The third kappa shape index (κ3) is 1.10. The number of hydrogen-bond donors (Lipinski definition) is 0. The van der Waals surface area contributed by atoms with E-state index in [1.165, 1.54) is 18.4 Å². The van der Waals surface area contributed by atoms with E-state index in [0.29, 0.717) is 6.42 Å². The van der Waals surface area contributed by atoms with Crippen molar-refractivity contribution in [3.63, 3.8) is 0 Å². The fourth-order valence-corrected chi connectivity index (χ4v) is 1.66. The molecule has 0 atom stereocenters. The number of fused-ring (bicyclic) bond motifs is 1. The molecular weight excluding hydrogens is 152 g/mol. The minimum absolute atomic E-state index is 0.388. The van der Waals surface area contributed by atoms with Gasteiger partial charge in [-0.1, -0.05) is 5.16 Å². The Morgan fingerprint density at radius 3 is 3.08 bits per heavy atom. The monoisotopic (exact) mass is 162 g/mol. The van der Waals surface area contributed by atoms with Gasteiger partial charge in [0.05, 0.1) is 12.5 Å². The van der Waals surface area contributed by atoms with Gasteiger partial charge in [0.1, 0.15) is 11.5 Å². The zero-order chi connectivity index (χ0) is 8.39. The lowest BCUT2D eigenvalue weighted by Gasteiger charge is -2.07. The van der Waals surface area contributed by atoms with Crippen LogP contribution in [0.5, 0.6) is 0 Å². The molecule has 1 aromatic rings. The van der Waals surface area contributed by atoms with Gasteiger partial charge in [-0.15, -0.1) is 0 Å². The van der Waals surface area contributed by atoms with Crippen molar-refractivity contribution in [2.75, 3.05) is 0 Å². The second-order valence-electron chi connectivity index (χ2n) is 3.07. The van der Waals surface area contributed by atoms with Gasteiger partial charge in [0, 0.05) is 12.0 Å². The van der Waals surface area contributed by atoms with E-state index in [1.807, 2.05) is 0 Å². The van der Waals surface area contributed by atoms with Crippen molar-refractivity contribution < 1.29 is 4.52 Å². The highest BCUT2D eigenvalue weighted by Crippen LogP contribution is 2.24. The fourth-order valence-electron chi connectivity index (χ4n) is 1.66. The molecule has 0 amide bonds. The number of nitriles is 1. The maximum absolute atomic E-state index is 8.51. The molecule has 2 rings (SSSR count). The predicted octanol–water partition coefficient (Wildman–Crippen LogP) is 1.62. The molecule has 0 saturated carbocycles. The summed E-state index contributed by atoms with van der Waals surface area (Å²) in [6.45, 7) is 0. The normalized spacial score (nSPS) is 15.2. The molecule has 1 aliphatic carbocycles. The molecule has 0 spiro atoms. The number of nitrogens with zero attached hydrogens (tertiary/aromatic N) is 2. The van der Waals surface area contributed by atoms with Crippen LogP contribution in [-0.2, 0) is 19.3 Å². The third-order valence-electron chi connectivity index (χ3n) is 2.28. The maximum Gasteiger partial charge on any atom is 0.140 e. The quantitative estimate of drug-likeness (QED) is 0.630. The van der Waals surface area contributed by atoms with Crippen LogP contribution in [0.4, 0.5) is 0 Å². The van der Waals surface area contributed by atoms with Crippen molar-refractivity contribution in [3.8, 4) is 6.07 Å². The lowest BCUT2D eigenvalue weighted by molar-refractivity contribution is 0.369. The van der Waals surface area contributed by atoms with E-state index in [-0.39, 0.29) is 0 Å². The van der Waals surface area contributed by atoms with E-state index in [2.05, 4.69) is 11.2 Å². The van der Waals surface area contributed by atoms with Crippen molar-refractivity contribution in [1.82, 2.24) is 5.16 Å². The summed E-state index contributed by atoms with van der Waals surface area (Å²) in [5.74, 6) is 1.01. The first kappa shape index (κ1) is 7.35. The minimum Gasteiger partial charge on any atom is -0.361 e. The van der Waals surface area contributed by atoms with E-state index in [9.17, 15) is 0 Å². The van der Waals surface area contributed by atoms with Gasteiger partial charge in [-0.3, -0.25) is 0 Å². The molecule has 0 fully saturated rings. The molecule has 3 heteroatoms. The first-order chi connectivity index (χ1) is 5.92. The van der Waals surface area contributed by atoms with Crippen LogP contribution < -0.4 is 0 Å². The fraction of sp³-hybridized carbons (Fsp3) is 0.556. The average Bonchev–Trinajstić information content (AvgIpc) is 2.50. The van der Waals surface area contributed by atoms with Crippen LogP contribution in [0.3, 0.4) is 0 Å². The van der Waals surface area contributed by atoms with Gasteiger partial charge in [0.25, 0.3) is 0 Å². The molecule has 0 radical (unpaired) electrons. The first-order valence-electron chi connectivity index (χ1n) is 4.25. The molecule has 1 aliphatic rings. The number of rotatable bonds is 1. The second kappa shape index (κ2) is 2.98. The van der Waals surface area contributed by atoms with Crippen molar-refractivity contribution in [2.24, 2.45) is 0 Å². The number of aryl methyl sites for hydroxylation is 1. The van der Waals surface area contributed by atoms with Crippen molar-refractivity contribution >= 4 is 0 Å². The molecule has 0 bridgehead atoms. The van der Waals surface area contributed by atoms with Crippen LogP contribution in [0, 0.1) is 11.3 Å². The number of aromatic nitrogens is 1. The highest BCUT2D eigenvalue weighted by molar-refractivity contribution is 5.27. The second-order valence-corrected chi connectivity index (χ2v) is 3.07. The zero-order valence-electron chi connectivity index (χ0n) is 6.84. The summed E-state index contributed by atoms with van der Waals surface area (Å²) in [5.41, 5.74) is 2.05. The molecule has 0 aliphatic heterocycles. The standard InChI is InChI=1S/C9H10N2O/c10-6-5-8-7-3-1-2-4-9(7)12-11-8/h1-5H2. The van der Waals surface area contributed by atoms with E-state index in [0.717, 1.165) is 24.3 Å². The van der Waals surface area contributed by atoms with Crippen LogP contribution in [0.25, 0.3) is 0 Å². The third-order valence-corrected chi connectivity index (χ3v) is 2.28. The summed E-state index contributed by atoms with van der Waals surface area (Å²) < 4.78 is 5.14. The maximum atomic E-state index is 8.51. The first-order valence-corrected chi connectivity index (χ1v) is 4.25. The van der Waals surface area contributed by atoms with E-state index >= 15 is 0 Å². The van der Waals surface area contributed by atoms with Crippen LogP contribution in [-0.4, -0.2) is 5.16 Å². The van der Waals surface area contributed by atoms with Gasteiger partial charge in [-0.05, 0) is 19.3 Å². The Kier molecular flexibility index (Phi) is 1.83. The van der Waals surface area contributed by atoms with Gasteiger partial charge >= 0.3 is 0 Å². The molecule has 62 valence electrons. The Balaban J connectivity index is 2.33. The molecule has 1 aromatic heterocycles. The molecule has 0 unspecified atom stereocenters. The van der Waals surface area contributed by atoms with Gasteiger partial charge in [0.2, 0.25) is 0 Å². The largest absolute Gasteiger partial charge is 0.361 e. The molecular formula is C9H10N2O. The van der Waals surface area contributed by atoms with Crippen LogP contribution in [0.2, 0.25) is 0 Å². The van der Waals surface area contributed by atoms with E-state index < -0.39 is 0 Å². The van der Waals surface area contributed by atoms with Gasteiger partial charge in [-0.25, -0.2) is 0 Å². The number of hydrogen-bond acceptors (Lipinski definition) is 3.